The van der Waals surface area contributed by atoms with Crippen LogP contribution in [-0.4, -0.2) is 43.1 Å². The molecule has 1 aliphatic heterocycles. The molecule has 1 fully saturated rings. The van der Waals surface area contributed by atoms with Gasteiger partial charge in [0.25, 0.3) is 5.91 Å². The maximum atomic E-state index is 13.0. The first-order valence-corrected chi connectivity index (χ1v) is 8.53. The van der Waals surface area contributed by atoms with Crippen molar-refractivity contribution in [2.75, 3.05) is 31.1 Å². The lowest BCUT2D eigenvalue weighted by atomic mass is 10.2. The molecule has 0 N–H and O–H groups in total. The molecule has 1 unspecified atom stereocenters. The van der Waals surface area contributed by atoms with Gasteiger partial charge in [0.1, 0.15) is 11.6 Å². The van der Waals surface area contributed by atoms with Crippen LogP contribution in [0.2, 0.25) is 0 Å². The number of nitrogens with zero attached hydrogens (tertiary/aromatic N) is 3. The van der Waals surface area contributed by atoms with Gasteiger partial charge >= 0.3 is 0 Å². The van der Waals surface area contributed by atoms with E-state index < -0.39 is 6.10 Å². The van der Waals surface area contributed by atoms with Crippen LogP contribution in [0.15, 0.2) is 48.5 Å². The molecule has 6 heteroatoms. The largest absolute Gasteiger partial charge is 0.481 e. The molecule has 134 valence electrons. The van der Waals surface area contributed by atoms with Crippen molar-refractivity contribution in [3.8, 4) is 11.8 Å². The summed E-state index contributed by atoms with van der Waals surface area (Å²) in [5, 5.41) is 8.81. The molecule has 0 bridgehead atoms. The Hall–Kier alpha value is -3.07. The van der Waals surface area contributed by atoms with Gasteiger partial charge in [-0.25, -0.2) is 4.39 Å². The molecule has 0 aliphatic carbocycles. The SMILES string of the molecule is CC(Oc1ccc(C#N)cc1)C(=O)N1CCN(c2ccc(F)cc2)CC1. The smallest absolute Gasteiger partial charge is 0.263 e. The predicted molar refractivity (Wildman–Crippen MR) is 96.4 cm³/mol. The molecule has 0 spiro atoms. The van der Waals surface area contributed by atoms with Crippen molar-refractivity contribution in [1.82, 2.24) is 4.90 Å². The van der Waals surface area contributed by atoms with Gasteiger partial charge in [0.15, 0.2) is 6.10 Å². The van der Waals surface area contributed by atoms with Crippen LogP contribution >= 0.6 is 0 Å². The number of hydrogen-bond acceptors (Lipinski definition) is 4. The Morgan fingerprint density at radius 1 is 1.08 bits per heavy atom. The maximum absolute atomic E-state index is 13.0. The first-order valence-electron chi connectivity index (χ1n) is 8.53. The van der Waals surface area contributed by atoms with E-state index in [1.807, 2.05) is 6.07 Å². The molecule has 1 saturated heterocycles. The first-order chi connectivity index (χ1) is 12.6. The van der Waals surface area contributed by atoms with Gasteiger partial charge in [-0.15, -0.1) is 0 Å². The Bertz CT molecular complexity index is 791. The molecule has 26 heavy (non-hydrogen) atoms. The van der Waals surface area contributed by atoms with E-state index in [9.17, 15) is 9.18 Å². The molecule has 1 heterocycles. The fourth-order valence-corrected chi connectivity index (χ4v) is 2.96. The lowest BCUT2D eigenvalue weighted by Gasteiger charge is -2.37. The summed E-state index contributed by atoms with van der Waals surface area (Å²) in [6, 6.07) is 15.1. The van der Waals surface area contributed by atoms with Gasteiger partial charge in [-0.2, -0.15) is 5.26 Å². The number of carbonyl (C=O) groups is 1. The first kappa shape index (κ1) is 17.7. The van der Waals surface area contributed by atoms with Crippen molar-refractivity contribution in [3.05, 3.63) is 59.9 Å². The second-order valence-electron chi connectivity index (χ2n) is 6.19. The number of amides is 1. The number of carbonyl (C=O) groups excluding carboxylic acids is 1. The summed E-state index contributed by atoms with van der Waals surface area (Å²) in [5.74, 6) is 0.249. The highest BCUT2D eigenvalue weighted by Crippen LogP contribution is 2.18. The average Bonchev–Trinajstić information content (AvgIpc) is 2.69. The lowest BCUT2D eigenvalue weighted by molar-refractivity contribution is -0.138. The monoisotopic (exact) mass is 353 g/mol. The number of halogens is 1. The number of ether oxygens (including phenoxy) is 1. The fraction of sp³-hybridized carbons (Fsp3) is 0.300. The second-order valence-corrected chi connectivity index (χ2v) is 6.19. The fourth-order valence-electron chi connectivity index (χ4n) is 2.96. The van der Waals surface area contributed by atoms with Crippen LogP contribution in [0.5, 0.6) is 5.75 Å². The molecule has 5 nitrogen and oxygen atoms in total. The third-order valence-electron chi connectivity index (χ3n) is 4.43. The van der Waals surface area contributed by atoms with E-state index in [0.29, 0.717) is 37.5 Å². The molecule has 1 atom stereocenters. The van der Waals surface area contributed by atoms with Gasteiger partial charge in [-0.3, -0.25) is 4.79 Å². The summed E-state index contributed by atoms with van der Waals surface area (Å²) in [5.41, 5.74) is 1.51. The predicted octanol–water partition coefficient (Wildman–Crippen LogP) is 2.81. The Labute approximate surface area is 152 Å². The quantitative estimate of drug-likeness (QED) is 0.848. The molecule has 2 aromatic carbocycles. The Balaban J connectivity index is 1.53. The Kier molecular flexibility index (Phi) is 5.37. The Morgan fingerprint density at radius 3 is 2.27 bits per heavy atom. The Morgan fingerprint density at radius 2 is 1.69 bits per heavy atom. The minimum absolute atomic E-state index is 0.0619. The van der Waals surface area contributed by atoms with E-state index in [1.165, 1.54) is 12.1 Å². The zero-order chi connectivity index (χ0) is 18.5. The van der Waals surface area contributed by atoms with E-state index >= 15 is 0 Å². The highest BCUT2D eigenvalue weighted by Gasteiger charge is 2.26. The van der Waals surface area contributed by atoms with Crippen LogP contribution in [0.25, 0.3) is 0 Å². The van der Waals surface area contributed by atoms with Gasteiger partial charge in [0.05, 0.1) is 11.6 Å². The normalized spacial score (nSPS) is 15.3. The van der Waals surface area contributed by atoms with Crippen molar-refractivity contribution in [2.24, 2.45) is 0 Å². The highest BCUT2D eigenvalue weighted by atomic mass is 19.1. The molecule has 2 aromatic rings. The van der Waals surface area contributed by atoms with Gasteiger partial charge in [0, 0.05) is 31.9 Å². The van der Waals surface area contributed by atoms with E-state index in [1.54, 1.807) is 48.2 Å². The summed E-state index contributed by atoms with van der Waals surface area (Å²) < 4.78 is 18.7. The molecule has 1 aliphatic rings. The van der Waals surface area contributed by atoms with Crippen LogP contribution in [-0.2, 0) is 4.79 Å². The highest BCUT2D eigenvalue weighted by molar-refractivity contribution is 5.81. The average molecular weight is 353 g/mol. The minimum atomic E-state index is -0.597. The number of anilines is 1. The third-order valence-corrected chi connectivity index (χ3v) is 4.43. The van der Waals surface area contributed by atoms with Crippen molar-refractivity contribution in [2.45, 2.75) is 13.0 Å². The van der Waals surface area contributed by atoms with Crippen LogP contribution in [0.4, 0.5) is 10.1 Å². The number of piperazine rings is 1. The van der Waals surface area contributed by atoms with E-state index in [-0.39, 0.29) is 11.7 Å². The van der Waals surface area contributed by atoms with Crippen molar-refractivity contribution in [1.29, 1.82) is 5.26 Å². The van der Waals surface area contributed by atoms with Crippen LogP contribution in [0.3, 0.4) is 0 Å². The lowest BCUT2D eigenvalue weighted by Crippen LogP contribution is -2.52. The van der Waals surface area contributed by atoms with Crippen molar-refractivity contribution >= 4 is 11.6 Å². The van der Waals surface area contributed by atoms with Crippen LogP contribution < -0.4 is 9.64 Å². The molecule has 0 saturated carbocycles. The molecule has 0 radical (unpaired) electrons. The maximum Gasteiger partial charge on any atom is 0.263 e. The molecule has 1 amide bonds. The van der Waals surface area contributed by atoms with E-state index in [0.717, 1.165) is 5.69 Å². The topological polar surface area (TPSA) is 56.6 Å². The molecular formula is C20H20FN3O2. The number of benzene rings is 2. The number of rotatable bonds is 4. The van der Waals surface area contributed by atoms with Crippen molar-refractivity contribution < 1.29 is 13.9 Å². The third kappa shape index (κ3) is 4.12. The van der Waals surface area contributed by atoms with Crippen LogP contribution in [0, 0.1) is 17.1 Å². The number of nitriles is 1. The zero-order valence-electron chi connectivity index (χ0n) is 14.6. The van der Waals surface area contributed by atoms with E-state index in [2.05, 4.69) is 4.90 Å². The zero-order valence-corrected chi connectivity index (χ0v) is 14.6. The summed E-state index contributed by atoms with van der Waals surface area (Å²) in [7, 11) is 0. The van der Waals surface area contributed by atoms with Gasteiger partial charge in [-0.1, -0.05) is 0 Å². The summed E-state index contributed by atoms with van der Waals surface area (Å²) in [6.45, 7) is 4.31. The van der Waals surface area contributed by atoms with Gasteiger partial charge in [-0.05, 0) is 55.5 Å². The minimum Gasteiger partial charge on any atom is -0.481 e. The standard InChI is InChI=1S/C20H20FN3O2/c1-15(26-19-8-2-16(14-22)3-9-19)20(25)24-12-10-23(11-13-24)18-6-4-17(21)5-7-18/h2-9,15H,10-13H2,1H3. The summed E-state index contributed by atoms with van der Waals surface area (Å²) >= 11 is 0. The van der Waals surface area contributed by atoms with Crippen molar-refractivity contribution in [3.63, 3.8) is 0 Å². The molecule has 3 rings (SSSR count). The second kappa shape index (κ2) is 7.87. The number of hydrogen-bond donors (Lipinski definition) is 0. The van der Waals surface area contributed by atoms with E-state index in [4.69, 9.17) is 10.00 Å². The molecular weight excluding hydrogens is 333 g/mol. The van der Waals surface area contributed by atoms with Crippen LogP contribution in [0.1, 0.15) is 12.5 Å². The molecule has 0 aromatic heterocycles. The summed E-state index contributed by atoms with van der Waals surface area (Å²) in [4.78, 5) is 16.5. The summed E-state index contributed by atoms with van der Waals surface area (Å²) in [6.07, 6.45) is -0.597. The van der Waals surface area contributed by atoms with Gasteiger partial charge < -0.3 is 14.5 Å². The van der Waals surface area contributed by atoms with Gasteiger partial charge in [0.2, 0.25) is 0 Å².